The first-order valence-electron chi connectivity index (χ1n) is 20.9. The van der Waals surface area contributed by atoms with Crippen LogP contribution in [0.4, 0.5) is 10.5 Å². The molecule has 1 unspecified atom stereocenters. The number of fused-ring (bicyclic) bond motifs is 1. The lowest BCUT2D eigenvalue weighted by Crippen LogP contribution is -2.40. The second-order valence-electron chi connectivity index (χ2n) is 15.1. The summed E-state index contributed by atoms with van der Waals surface area (Å²) >= 11 is 0. The Bertz CT molecular complexity index is 1990. The molecular formula is C49H57N3O6. The molecule has 0 aromatic heterocycles. The smallest absolute Gasteiger partial charge is 0.410 e. The van der Waals surface area contributed by atoms with E-state index >= 15 is 0 Å². The van der Waals surface area contributed by atoms with Crippen molar-refractivity contribution in [2.45, 2.75) is 90.6 Å². The van der Waals surface area contributed by atoms with Crippen LogP contribution in [0, 0.1) is 10.1 Å². The van der Waals surface area contributed by atoms with Crippen LogP contribution >= 0.6 is 0 Å². The Kier molecular flexibility index (Phi) is 16.1. The average molecular weight is 784 g/mol. The normalized spacial score (nSPS) is 13.4. The summed E-state index contributed by atoms with van der Waals surface area (Å²) in [5.41, 5.74) is 6.83. The van der Waals surface area contributed by atoms with Gasteiger partial charge in [0.05, 0.1) is 4.92 Å². The van der Waals surface area contributed by atoms with Gasteiger partial charge in [-0.3, -0.25) is 10.1 Å². The van der Waals surface area contributed by atoms with Gasteiger partial charge in [0.1, 0.15) is 19.8 Å². The third-order valence-electron chi connectivity index (χ3n) is 10.9. The monoisotopic (exact) mass is 783 g/mol. The third-order valence-corrected chi connectivity index (χ3v) is 10.9. The molecule has 0 spiro atoms. The molecule has 1 aliphatic carbocycles. The molecule has 1 amide bonds. The Morgan fingerprint density at radius 3 is 1.90 bits per heavy atom. The van der Waals surface area contributed by atoms with Crippen LogP contribution < -0.4 is 9.47 Å². The highest BCUT2D eigenvalue weighted by atomic mass is 16.6. The molecule has 0 N–H and O–H groups in total. The first-order chi connectivity index (χ1) is 28.5. The molecule has 0 bridgehead atoms. The maximum Gasteiger partial charge on any atom is 0.410 e. The Hall–Kier alpha value is -5.67. The molecule has 0 heterocycles. The van der Waals surface area contributed by atoms with E-state index in [2.05, 4.69) is 48.2 Å². The maximum atomic E-state index is 13.3. The highest BCUT2D eigenvalue weighted by molar-refractivity contribution is 5.67. The number of carbonyl (C=O) groups is 1. The molecule has 0 saturated carbocycles. The van der Waals surface area contributed by atoms with E-state index in [0.717, 1.165) is 98.2 Å². The number of rotatable bonds is 22. The molecule has 6 rings (SSSR count). The molecule has 0 saturated heterocycles. The number of hydrogen-bond donors (Lipinski definition) is 0. The number of carbonyl (C=O) groups excluding carboxylic acids is 1. The van der Waals surface area contributed by atoms with Crippen LogP contribution in [0.3, 0.4) is 0 Å². The number of nitro groups is 1. The summed E-state index contributed by atoms with van der Waals surface area (Å²) in [6.45, 7) is 6.67. The minimum Gasteiger partial charge on any atom is -0.485 e. The van der Waals surface area contributed by atoms with Crippen LogP contribution in [0.1, 0.15) is 78.8 Å². The topological polar surface area (TPSA) is 94.4 Å². The molecule has 5 aromatic carbocycles. The summed E-state index contributed by atoms with van der Waals surface area (Å²) in [6.07, 6.45) is 8.46. The molecular weight excluding hydrogens is 727 g/mol. The van der Waals surface area contributed by atoms with E-state index in [1.165, 1.54) is 23.3 Å². The zero-order chi connectivity index (χ0) is 40.4. The van der Waals surface area contributed by atoms with Crippen LogP contribution in [0.2, 0.25) is 0 Å². The van der Waals surface area contributed by atoms with Crippen molar-refractivity contribution in [3.05, 3.63) is 171 Å². The van der Waals surface area contributed by atoms with Gasteiger partial charge >= 0.3 is 6.09 Å². The number of benzene rings is 5. The van der Waals surface area contributed by atoms with Gasteiger partial charge in [-0.2, -0.15) is 0 Å². The van der Waals surface area contributed by atoms with Gasteiger partial charge in [0.25, 0.3) is 5.69 Å². The standard InChI is InChI=1S/C49H57N3O6/c1-2-31-50(32-14-3-4-15-33-51(49(53)58-38-42-20-12-7-13-21-42)34-30-39-22-25-44(26-23-39)52(54)55)45-27-28-46-43(35-45)24-29-47(56-36-40-16-8-5-9-17-40)48(46)57-37-41-18-10-6-11-19-41/h5-13,16-26,29,45H,2-4,14-15,27-28,30-38H2,1H3. The van der Waals surface area contributed by atoms with Crippen molar-refractivity contribution in [1.82, 2.24) is 9.80 Å². The second-order valence-corrected chi connectivity index (χ2v) is 15.1. The highest BCUT2D eigenvalue weighted by Crippen LogP contribution is 2.40. The fourth-order valence-corrected chi connectivity index (χ4v) is 7.72. The van der Waals surface area contributed by atoms with Gasteiger partial charge in [-0.1, -0.05) is 129 Å². The van der Waals surface area contributed by atoms with Crippen molar-refractivity contribution in [3.8, 4) is 11.5 Å². The minimum atomic E-state index is -0.398. The molecule has 58 heavy (non-hydrogen) atoms. The lowest BCUT2D eigenvalue weighted by atomic mass is 9.86. The molecule has 0 radical (unpaired) electrons. The van der Waals surface area contributed by atoms with Crippen molar-refractivity contribution >= 4 is 11.8 Å². The van der Waals surface area contributed by atoms with Crippen LogP contribution in [-0.4, -0.2) is 53.0 Å². The van der Waals surface area contributed by atoms with Gasteiger partial charge in [-0.25, -0.2) is 4.79 Å². The summed E-state index contributed by atoms with van der Waals surface area (Å²) in [5.74, 6) is 1.68. The molecule has 9 heteroatoms. The minimum absolute atomic E-state index is 0.0609. The van der Waals surface area contributed by atoms with Gasteiger partial charge in [0.2, 0.25) is 0 Å². The molecule has 1 aliphatic rings. The Balaban J connectivity index is 1.02. The van der Waals surface area contributed by atoms with Crippen molar-refractivity contribution in [2.24, 2.45) is 0 Å². The zero-order valence-electron chi connectivity index (χ0n) is 33.8. The predicted molar refractivity (Wildman–Crippen MR) is 229 cm³/mol. The molecule has 1 atom stereocenters. The Labute approximate surface area is 343 Å². The summed E-state index contributed by atoms with van der Waals surface area (Å²) in [6, 6.07) is 41.6. The van der Waals surface area contributed by atoms with E-state index in [-0.39, 0.29) is 18.4 Å². The zero-order valence-corrected chi connectivity index (χ0v) is 33.8. The highest BCUT2D eigenvalue weighted by Gasteiger charge is 2.28. The quantitative estimate of drug-likeness (QED) is 0.0392. The van der Waals surface area contributed by atoms with E-state index in [1.54, 1.807) is 17.0 Å². The van der Waals surface area contributed by atoms with E-state index in [9.17, 15) is 14.9 Å². The van der Waals surface area contributed by atoms with Gasteiger partial charge in [-0.05, 0) is 91.9 Å². The summed E-state index contributed by atoms with van der Waals surface area (Å²) < 4.78 is 18.7. The number of non-ortho nitro benzene ring substituents is 1. The predicted octanol–water partition coefficient (Wildman–Crippen LogP) is 10.8. The largest absolute Gasteiger partial charge is 0.485 e. The second kappa shape index (κ2) is 22.3. The van der Waals surface area contributed by atoms with Crippen molar-refractivity contribution < 1.29 is 23.9 Å². The number of amides is 1. The summed E-state index contributed by atoms with van der Waals surface area (Å²) in [7, 11) is 0. The van der Waals surface area contributed by atoms with Crippen molar-refractivity contribution in [1.29, 1.82) is 0 Å². The molecule has 0 fully saturated rings. The molecule has 9 nitrogen and oxygen atoms in total. The van der Waals surface area contributed by atoms with E-state index in [0.29, 0.717) is 38.8 Å². The van der Waals surface area contributed by atoms with Gasteiger partial charge < -0.3 is 24.0 Å². The lowest BCUT2D eigenvalue weighted by Gasteiger charge is -2.36. The molecule has 0 aliphatic heterocycles. The van der Waals surface area contributed by atoms with E-state index in [4.69, 9.17) is 14.2 Å². The van der Waals surface area contributed by atoms with E-state index < -0.39 is 4.92 Å². The fourth-order valence-electron chi connectivity index (χ4n) is 7.72. The number of nitrogens with zero attached hydrogens (tertiary/aromatic N) is 3. The molecule has 5 aromatic rings. The average Bonchev–Trinajstić information content (AvgIpc) is 3.27. The SMILES string of the molecule is CCCN(CCCCCCN(CCc1ccc([N+](=O)[O-])cc1)C(=O)OCc1ccccc1)C1CCc2c(ccc(OCc3ccccc3)c2OCc2ccccc2)C1. The van der Waals surface area contributed by atoms with Gasteiger partial charge in [0.15, 0.2) is 11.5 Å². The first kappa shape index (κ1) is 41.9. The first-order valence-corrected chi connectivity index (χ1v) is 20.9. The summed E-state index contributed by atoms with van der Waals surface area (Å²) in [5, 5.41) is 11.1. The Morgan fingerprint density at radius 2 is 1.28 bits per heavy atom. The number of ether oxygens (including phenoxy) is 3. The maximum absolute atomic E-state index is 13.3. The van der Waals surface area contributed by atoms with Crippen LogP contribution in [0.25, 0.3) is 0 Å². The number of unbranched alkanes of at least 4 members (excludes halogenated alkanes) is 3. The van der Waals surface area contributed by atoms with Crippen LogP contribution in [0.5, 0.6) is 11.5 Å². The van der Waals surface area contributed by atoms with Crippen LogP contribution in [0.15, 0.2) is 127 Å². The summed E-state index contributed by atoms with van der Waals surface area (Å²) in [4.78, 5) is 28.4. The Morgan fingerprint density at radius 1 is 0.672 bits per heavy atom. The van der Waals surface area contributed by atoms with Gasteiger partial charge in [0, 0.05) is 36.8 Å². The number of hydrogen-bond acceptors (Lipinski definition) is 7. The lowest BCUT2D eigenvalue weighted by molar-refractivity contribution is -0.384. The van der Waals surface area contributed by atoms with Gasteiger partial charge in [-0.15, -0.1) is 0 Å². The number of nitro benzene ring substituents is 1. The van der Waals surface area contributed by atoms with E-state index in [1.807, 2.05) is 66.7 Å². The van der Waals surface area contributed by atoms with Crippen molar-refractivity contribution in [2.75, 3.05) is 26.2 Å². The van der Waals surface area contributed by atoms with Crippen LogP contribution in [-0.2, 0) is 43.8 Å². The van der Waals surface area contributed by atoms with Crippen molar-refractivity contribution in [3.63, 3.8) is 0 Å². The molecule has 304 valence electrons. The fraction of sp³-hybridized carbons (Fsp3) is 0.367. The third kappa shape index (κ3) is 12.7.